The second-order valence-electron chi connectivity index (χ2n) is 4.33. The van der Waals surface area contributed by atoms with E-state index in [1.54, 1.807) is 0 Å². The van der Waals surface area contributed by atoms with Crippen molar-refractivity contribution in [1.29, 1.82) is 0 Å². The number of fused-ring (bicyclic) bond motifs is 3. The molecular weight excluding hydrogens is 174 g/mol. The van der Waals surface area contributed by atoms with E-state index in [4.69, 9.17) is 4.74 Å². The lowest BCUT2D eigenvalue weighted by molar-refractivity contribution is 0.205. The summed E-state index contributed by atoms with van der Waals surface area (Å²) in [6.07, 6.45) is 1.25. The Morgan fingerprint density at radius 2 is 2.36 bits per heavy atom. The Kier molecular flexibility index (Phi) is 1.77. The monoisotopic (exact) mass is 189 g/mol. The summed E-state index contributed by atoms with van der Waals surface area (Å²) in [5, 5.41) is 3.55. The summed E-state index contributed by atoms with van der Waals surface area (Å²) in [6, 6.07) is 7.06. The average molecular weight is 189 g/mol. The van der Waals surface area contributed by atoms with Gasteiger partial charge in [0.1, 0.15) is 5.75 Å². The first kappa shape index (κ1) is 8.30. The van der Waals surface area contributed by atoms with Crippen LogP contribution in [0.3, 0.4) is 0 Å². The molecule has 2 aliphatic heterocycles. The zero-order valence-corrected chi connectivity index (χ0v) is 8.42. The lowest BCUT2D eigenvalue weighted by atomic mass is 9.91. The Labute approximate surface area is 84.3 Å². The van der Waals surface area contributed by atoms with Crippen LogP contribution in [0.4, 0.5) is 0 Å². The molecule has 0 saturated carbocycles. The van der Waals surface area contributed by atoms with Crippen LogP contribution in [0.1, 0.15) is 23.6 Å². The highest BCUT2D eigenvalue weighted by atomic mass is 16.5. The van der Waals surface area contributed by atoms with E-state index in [0.717, 1.165) is 18.9 Å². The third kappa shape index (κ3) is 1.14. The Morgan fingerprint density at radius 1 is 1.43 bits per heavy atom. The van der Waals surface area contributed by atoms with E-state index in [1.165, 1.54) is 17.5 Å². The molecule has 0 bridgehead atoms. The third-order valence-corrected chi connectivity index (χ3v) is 3.31. The molecule has 1 aromatic rings. The van der Waals surface area contributed by atoms with Gasteiger partial charge in [0.25, 0.3) is 0 Å². The Hall–Kier alpha value is -1.02. The fraction of sp³-hybridized carbons (Fsp3) is 0.500. The molecular formula is C12H15NO. The molecule has 0 aliphatic carbocycles. The number of hydrogen-bond donors (Lipinski definition) is 1. The third-order valence-electron chi connectivity index (χ3n) is 3.31. The maximum absolute atomic E-state index is 5.78. The van der Waals surface area contributed by atoms with Crippen LogP contribution in [0.2, 0.25) is 0 Å². The molecule has 2 unspecified atom stereocenters. The van der Waals surface area contributed by atoms with E-state index in [-0.39, 0.29) is 0 Å². The molecule has 1 fully saturated rings. The van der Waals surface area contributed by atoms with E-state index in [0.29, 0.717) is 12.0 Å². The van der Waals surface area contributed by atoms with E-state index in [1.807, 2.05) is 0 Å². The fourth-order valence-electron chi connectivity index (χ4n) is 2.52. The maximum Gasteiger partial charge on any atom is 0.124 e. The summed E-state index contributed by atoms with van der Waals surface area (Å²) in [6.45, 7) is 4.12. The quantitative estimate of drug-likeness (QED) is 0.674. The zero-order chi connectivity index (χ0) is 9.54. The smallest absolute Gasteiger partial charge is 0.124 e. The van der Waals surface area contributed by atoms with Crippen molar-refractivity contribution in [3.63, 3.8) is 0 Å². The normalized spacial score (nSPS) is 29.2. The van der Waals surface area contributed by atoms with Crippen LogP contribution in [0, 0.1) is 12.8 Å². The van der Waals surface area contributed by atoms with Gasteiger partial charge in [-0.05, 0) is 31.5 Å². The molecule has 1 N–H and O–H groups in total. The van der Waals surface area contributed by atoms with Gasteiger partial charge in [-0.3, -0.25) is 0 Å². The first-order valence-corrected chi connectivity index (χ1v) is 5.31. The standard InChI is InChI=1S/C12H15NO/c1-8-2-3-10-11(6-8)14-7-9-4-5-13-12(9)10/h2-3,6,9,12-13H,4-5,7H2,1H3. The minimum Gasteiger partial charge on any atom is -0.493 e. The van der Waals surface area contributed by atoms with Crippen molar-refractivity contribution in [2.75, 3.05) is 13.2 Å². The first-order valence-electron chi connectivity index (χ1n) is 5.31. The van der Waals surface area contributed by atoms with Gasteiger partial charge in [0.05, 0.1) is 6.61 Å². The summed E-state index contributed by atoms with van der Waals surface area (Å²) in [7, 11) is 0. The van der Waals surface area contributed by atoms with Gasteiger partial charge in [-0.25, -0.2) is 0 Å². The number of aryl methyl sites for hydroxylation is 1. The minimum atomic E-state index is 0.541. The van der Waals surface area contributed by atoms with Gasteiger partial charge < -0.3 is 10.1 Å². The number of rotatable bonds is 0. The highest BCUT2D eigenvalue weighted by Gasteiger charge is 2.34. The lowest BCUT2D eigenvalue weighted by Gasteiger charge is -2.28. The van der Waals surface area contributed by atoms with Gasteiger partial charge in [0.15, 0.2) is 0 Å². The fourth-order valence-corrected chi connectivity index (χ4v) is 2.52. The van der Waals surface area contributed by atoms with Crippen molar-refractivity contribution in [2.45, 2.75) is 19.4 Å². The van der Waals surface area contributed by atoms with Crippen molar-refractivity contribution < 1.29 is 4.74 Å². The molecule has 2 heteroatoms. The molecule has 2 nitrogen and oxygen atoms in total. The van der Waals surface area contributed by atoms with Gasteiger partial charge in [-0.15, -0.1) is 0 Å². The van der Waals surface area contributed by atoms with Crippen LogP contribution in [0.15, 0.2) is 18.2 Å². The topological polar surface area (TPSA) is 21.3 Å². The molecule has 0 aromatic heterocycles. The summed E-state index contributed by atoms with van der Waals surface area (Å²) in [4.78, 5) is 0. The van der Waals surface area contributed by atoms with Gasteiger partial charge in [0, 0.05) is 17.5 Å². The number of hydrogen-bond acceptors (Lipinski definition) is 2. The highest BCUT2D eigenvalue weighted by Crippen LogP contribution is 2.39. The zero-order valence-electron chi connectivity index (χ0n) is 8.42. The highest BCUT2D eigenvalue weighted by molar-refractivity contribution is 5.41. The average Bonchev–Trinajstić information content (AvgIpc) is 2.65. The molecule has 1 saturated heterocycles. The molecule has 0 amide bonds. The Balaban J connectivity index is 2.05. The van der Waals surface area contributed by atoms with Crippen molar-refractivity contribution in [3.05, 3.63) is 29.3 Å². The molecule has 2 aliphatic rings. The number of benzene rings is 1. The maximum atomic E-state index is 5.78. The Bertz CT molecular complexity index is 361. The van der Waals surface area contributed by atoms with Crippen molar-refractivity contribution >= 4 is 0 Å². The molecule has 0 radical (unpaired) electrons. The van der Waals surface area contributed by atoms with Crippen molar-refractivity contribution in [3.8, 4) is 5.75 Å². The van der Waals surface area contributed by atoms with E-state index >= 15 is 0 Å². The predicted octanol–water partition coefficient (Wildman–Crippen LogP) is 2.04. The van der Waals surface area contributed by atoms with E-state index < -0.39 is 0 Å². The molecule has 0 spiro atoms. The van der Waals surface area contributed by atoms with Gasteiger partial charge in [0.2, 0.25) is 0 Å². The van der Waals surface area contributed by atoms with Crippen LogP contribution in [0.5, 0.6) is 5.75 Å². The Morgan fingerprint density at radius 3 is 3.29 bits per heavy atom. The molecule has 2 heterocycles. The van der Waals surface area contributed by atoms with E-state index in [9.17, 15) is 0 Å². The second-order valence-corrected chi connectivity index (χ2v) is 4.33. The SMILES string of the molecule is Cc1ccc2c(c1)OCC1CCNC21. The molecule has 74 valence electrons. The van der Waals surface area contributed by atoms with Crippen LogP contribution >= 0.6 is 0 Å². The van der Waals surface area contributed by atoms with Crippen LogP contribution in [-0.4, -0.2) is 13.2 Å². The second kappa shape index (κ2) is 2.99. The molecule has 1 aromatic carbocycles. The van der Waals surface area contributed by atoms with Crippen LogP contribution in [0.25, 0.3) is 0 Å². The number of nitrogens with one attached hydrogen (secondary N) is 1. The predicted molar refractivity (Wildman–Crippen MR) is 55.5 cm³/mol. The van der Waals surface area contributed by atoms with Gasteiger partial charge in [-0.1, -0.05) is 12.1 Å². The van der Waals surface area contributed by atoms with Crippen molar-refractivity contribution in [1.82, 2.24) is 5.32 Å². The lowest BCUT2D eigenvalue weighted by Crippen LogP contribution is -2.27. The van der Waals surface area contributed by atoms with Crippen molar-refractivity contribution in [2.24, 2.45) is 5.92 Å². The van der Waals surface area contributed by atoms with Gasteiger partial charge in [-0.2, -0.15) is 0 Å². The molecule has 2 atom stereocenters. The van der Waals surface area contributed by atoms with Gasteiger partial charge >= 0.3 is 0 Å². The largest absolute Gasteiger partial charge is 0.493 e. The number of ether oxygens (including phenoxy) is 1. The van der Waals surface area contributed by atoms with Crippen LogP contribution < -0.4 is 10.1 Å². The minimum absolute atomic E-state index is 0.541. The molecule has 14 heavy (non-hydrogen) atoms. The van der Waals surface area contributed by atoms with Crippen LogP contribution in [-0.2, 0) is 0 Å². The summed E-state index contributed by atoms with van der Waals surface area (Å²) < 4.78 is 5.78. The molecule has 3 rings (SSSR count). The summed E-state index contributed by atoms with van der Waals surface area (Å²) in [5.41, 5.74) is 2.63. The first-order chi connectivity index (χ1) is 6.84. The van der Waals surface area contributed by atoms with E-state index in [2.05, 4.69) is 30.4 Å². The summed E-state index contributed by atoms with van der Waals surface area (Å²) >= 11 is 0. The summed E-state index contributed by atoms with van der Waals surface area (Å²) in [5.74, 6) is 1.77.